The van der Waals surface area contributed by atoms with Crippen LogP contribution in [0.1, 0.15) is 30.0 Å². The van der Waals surface area contributed by atoms with Gasteiger partial charge in [0, 0.05) is 38.3 Å². The lowest BCUT2D eigenvalue weighted by atomic mass is 10.1. The van der Waals surface area contributed by atoms with Crippen molar-refractivity contribution in [2.45, 2.75) is 18.9 Å². The third kappa shape index (κ3) is 3.56. The molecule has 1 fully saturated rings. The summed E-state index contributed by atoms with van der Waals surface area (Å²) in [4.78, 5) is 22.7. The number of carbonyl (C=O) groups is 1. The first-order valence-electron chi connectivity index (χ1n) is 7.80. The first kappa shape index (κ1) is 15.2. The fourth-order valence-corrected chi connectivity index (χ4v) is 2.91. The average Bonchev–Trinajstić information content (AvgIpc) is 3.10. The molecule has 2 aromatic rings. The predicted molar refractivity (Wildman–Crippen MR) is 90.7 cm³/mol. The van der Waals surface area contributed by atoms with Crippen LogP contribution in [0.15, 0.2) is 48.9 Å². The topological polar surface area (TPSA) is 58.1 Å². The van der Waals surface area contributed by atoms with Crippen molar-refractivity contribution in [1.82, 2.24) is 14.9 Å². The number of hydrogen-bond acceptors (Lipinski definition) is 4. The van der Waals surface area contributed by atoms with Crippen molar-refractivity contribution >= 4 is 17.8 Å². The van der Waals surface area contributed by atoms with E-state index in [4.69, 9.17) is 0 Å². The maximum atomic E-state index is 12.5. The van der Waals surface area contributed by atoms with Crippen LogP contribution in [0.5, 0.6) is 0 Å². The molecule has 0 spiro atoms. The number of carbonyl (C=O) groups excluding carboxylic acids is 1. The van der Waals surface area contributed by atoms with Gasteiger partial charge in [0.15, 0.2) is 0 Å². The molecule has 0 bridgehead atoms. The highest BCUT2D eigenvalue weighted by Gasteiger charge is 2.28. The number of rotatable bonds is 4. The van der Waals surface area contributed by atoms with Crippen LogP contribution in [0.2, 0.25) is 0 Å². The highest BCUT2D eigenvalue weighted by Crippen LogP contribution is 2.32. The summed E-state index contributed by atoms with van der Waals surface area (Å²) in [6.45, 7) is 0.793. The van der Waals surface area contributed by atoms with E-state index < -0.39 is 0 Å². The number of nitrogens with zero attached hydrogens (tertiary/aromatic N) is 3. The van der Waals surface area contributed by atoms with Crippen molar-refractivity contribution in [3.63, 3.8) is 0 Å². The molecule has 1 amide bonds. The predicted octanol–water partition coefficient (Wildman–Crippen LogP) is 2.90. The van der Waals surface area contributed by atoms with E-state index in [0.717, 1.165) is 36.3 Å². The van der Waals surface area contributed by atoms with Gasteiger partial charge in [-0.2, -0.15) is 0 Å². The van der Waals surface area contributed by atoms with Gasteiger partial charge in [0.25, 0.3) is 0 Å². The summed E-state index contributed by atoms with van der Waals surface area (Å²) < 4.78 is 0. The Morgan fingerprint density at radius 1 is 1.30 bits per heavy atom. The van der Waals surface area contributed by atoms with E-state index in [-0.39, 0.29) is 11.9 Å². The Bertz CT molecular complexity index is 699. The van der Waals surface area contributed by atoms with Crippen LogP contribution >= 0.6 is 0 Å². The molecule has 0 radical (unpaired) electrons. The maximum absolute atomic E-state index is 12.5. The zero-order valence-electron chi connectivity index (χ0n) is 13.1. The number of anilines is 1. The van der Waals surface area contributed by atoms with E-state index >= 15 is 0 Å². The van der Waals surface area contributed by atoms with Crippen LogP contribution < -0.4 is 5.32 Å². The fraction of sp³-hybridized carbons (Fsp3) is 0.278. The largest absolute Gasteiger partial charge is 0.373 e. The monoisotopic (exact) mass is 308 g/mol. The second kappa shape index (κ2) is 7.05. The average molecular weight is 308 g/mol. The lowest BCUT2D eigenvalue weighted by Crippen LogP contribution is -2.28. The quantitative estimate of drug-likeness (QED) is 0.882. The molecule has 1 atom stereocenters. The van der Waals surface area contributed by atoms with Crippen molar-refractivity contribution in [1.29, 1.82) is 0 Å². The summed E-state index contributed by atoms with van der Waals surface area (Å²) in [5, 5.41) is 3.05. The highest BCUT2D eigenvalue weighted by atomic mass is 16.2. The summed E-state index contributed by atoms with van der Waals surface area (Å²) >= 11 is 0. The highest BCUT2D eigenvalue weighted by molar-refractivity contribution is 5.92. The van der Waals surface area contributed by atoms with Gasteiger partial charge in [-0.1, -0.05) is 0 Å². The molecule has 3 rings (SSSR count). The lowest BCUT2D eigenvalue weighted by molar-refractivity contribution is -0.126. The Balaban J connectivity index is 1.75. The minimum atomic E-state index is 0.0483. The molecule has 0 unspecified atom stereocenters. The van der Waals surface area contributed by atoms with Crippen LogP contribution in [0, 0.1) is 0 Å². The molecule has 2 aromatic heterocycles. The molecule has 3 heterocycles. The first-order valence-corrected chi connectivity index (χ1v) is 7.80. The van der Waals surface area contributed by atoms with Crippen LogP contribution in [0.4, 0.5) is 5.82 Å². The Morgan fingerprint density at radius 2 is 2.13 bits per heavy atom. The van der Waals surface area contributed by atoms with Gasteiger partial charge < -0.3 is 10.2 Å². The minimum Gasteiger partial charge on any atom is -0.373 e. The maximum Gasteiger partial charge on any atom is 0.247 e. The molecule has 23 heavy (non-hydrogen) atoms. The standard InChI is InChI=1S/C18H20N4O/c1-19-17-13-15(8-11-21-17)16-3-2-12-22(16)18(23)5-4-14-6-9-20-10-7-14/h4-11,13,16H,2-3,12H2,1H3,(H,19,21)/b5-4+/t16-/m1/s1. The molecule has 1 saturated heterocycles. The smallest absolute Gasteiger partial charge is 0.247 e. The minimum absolute atomic E-state index is 0.0483. The number of likely N-dealkylation sites (tertiary alicyclic amines) is 1. The van der Waals surface area contributed by atoms with Gasteiger partial charge in [-0.05, 0) is 54.3 Å². The molecule has 0 aliphatic carbocycles. The Kier molecular flexibility index (Phi) is 4.66. The van der Waals surface area contributed by atoms with Gasteiger partial charge >= 0.3 is 0 Å². The summed E-state index contributed by atoms with van der Waals surface area (Å²) in [5.41, 5.74) is 2.11. The van der Waals surface area contributed by atoms with Crippen LogP contribution in [-0.4, -0.2) is 34.4 Å². The number of pyridine rings is 2. The SMILES string of the molecule is CNc1cc([C@H]2CCCN2C(=O)/C=C/c2ccncc2)ccn1. The molecule has 1 N–H and O–H groups in total. The van der Waals surface area contributed by atoms with E-state index in [0.29, 0.717) is 0 Å². The number of aromatic nitrogens is 2. The molecule has 5 nitrogen and oxygen atoms in total. The molecule has 0 saturated carbocycles. The zero-order valence-corrected chi connectivity index (χ0v) is 13.1. The fourth-order valence-electron chi connectivity index (χ4n) is 2.91. The van der Waals surface area contributed by atoms with Gasteiger partial charge in [0.05, 0.1) is 6.04 Å². The van der Waals surface area contributed by atoms with Gasteiger partial charge in [0.1, 0.15) is 5.82 Å². The Hall–Kier alpha value is -2.69. The normalized spacial score (nSPS) is 17.6. The Morgan fingerprint density at radius 3 is 2.91 bits per heavy atom. The summed E-state index contributed by atoms with van der Waals surface area (Å²) in [6.07, 6.45) is 10.7. The van der Waals surface area contributed by atoms with Crippen molar-refractivity contribution in [3.8, 4) is 0 Å². The van der Waals surface area contributed by atoms with Gasteiger partial charge in [0.2, 0.25) is 5.91 Å². The molecular weight excluding hydrogens is 288 g/mol. The van der Waals surface area contributed by atoms with Crippen molar-refractivity contribution < 1.29 is 4.79 Å². The van der Waals surface area contributed by atoms with Gasteiger partial charge in [-0.25, -0.2) is 4.98 Å². The summed E-state index contributed by atoms with van der Waals surface area (Å²) in [5.74, 6) is 0.876. The molecule has 1 aliphatic rings. The molecule has 0 aromatic carbocycles. The number of nitrogens with one attached hydrogen (secondary N) is 1. The number of amides is 1. The summed E-state index contributed by atoms with van der Waals surface area (Å²) in [6, 6.07) is 7.90. The van der Waals surface area contributed by atoms with Crippen molar-refractivity contribution in [2.24, 2.45) is 0 Å². The van der Waals surface area contributed by atoms with Crippen molar-refractivity contribution in [2.75, 3.05) is 18.9 Å². The second-order valence-electron chi connectivity index (χ2n) is 5.53. The van der Waals surface area contributed by atoms with Crippen LogP contribution in [0.3, 0.4) is 0 Å². The van der Waals surface area contributed by atoms with Gasteiger partial charge in [-0.3, -0.25) is 9.78 Å². The lowest BCUT2D eigenvalue weighted by Gasteiger charge is -2.24. The van der Waals surface area contributed by atoms with E-state index in [1.165, 1.54) is 0 Å². The summed E-state index contributed by atoms with van der Waals surface area (Å²) in [7, 11) is 1.85. The van der Waals surface area contributed by atoms with Gasteiger partial charge in [-0.15, -0.1) is 0 Å². The Labute approximate surface area is 136 Å². The van der Waals surface area contributed by atoms with E-state index in [1.807, 2.05) is 42.3 Å². The third-order valence-electron chi connectivity index (χ3n) is 4.09. The van der Waals surface area contributed by atoms with E-state index in [1.54, 1.807) is 24.7 Å². The van der Waals surface area contributed by atoms with E-state index in [2.05, 4.69) is 15.3 Å². The molecular formula is C18H20N4O. The third-order valence-corrected chi connectivity index (χ3v) is 4.09. The molecule has 118 valence electrons. The van der Waals surface area contributed by atoms with Crippen molar-refractivity contribution in [3.05, 3.63) is 60.1 Å². The molecule has 5 heteroatoms. The van der Waals surface area contributed by atoms with Crippen LogP contribution in [0.25, 0.3) is 6.08 Å². The first-order chi connectivity index (χ1) is 11.3. The van der Waals surface area contributed by atoms with Crippen LogP contribution in [-0.2, 0) is 4.79 Å². The second-order valence-corrected chi connectivity index (χ2v) is 5.53. The number of hydrogen-bond donors (Lipinski definition) is 1. The van der Waals surface area contributed by atoms with E-state index in [9.17, 15) is 4.79 Å². The zero-order chi connectivity index (χ0) is 16.1. The molecule has 1 aliphatic heterocycles.